The van der Waals surface area contributed by atoms with Crippen LogP contribution in [0.25, 0.3) is 0 Å². The molecule has 0 radical (unpaired) electrons. The van der Waals surface area contributed by atoms with Gasteiger partial charge in [-0.15, -0.1) is 0 Å². The summed E-state index contributed by atoms with van der Waals surface area (Å²) in [6, 6.07) is 3.42. The molecule has 1 aromatic heterocycles. The van der Waals surface area contributed by atoms with Gasteiger partial charge in [-0.25, -0.2) is 27.9 Å². The lowest BCUT2D eigenvalue weighted by Crippen LogP contribution is -2.54. The zero-order valence-electron chi connectivity index (χ0n) is 19.5. The van der Waals surface area contributed by atoms with E-state index in [2.05, 4.69) is 15.3 Å². The largest absolute Gasteiger partial charge is 0.374 e. The van der Waals surface area contributed by atoms with E-state index in [1.165, 1.54) is 18.3 Å². The first-order chi connectivity index (χ1) is 16.1. The molecule has 3 heterocycles. The summed E-state index contributed by atoms with van der Waals surface area (Å²) >= 11 is 0. The number of ether oxygens (including phenoxy) is 1. The molecule has 1 aromatic carbocycles. The molecular weight excluding hydrogens is 447 g/mol. The van der Waals surface area contributed by atoms with Crippen molar-refractivity contribution in [2.45, 2.75) is 49.4 Å². The van der Waals surface area contributed by atoms with Crippen LogP contribution < -0.4 is 10.2 Å². The Hall–Kier alpha value is -2.72. The molecule has 1 saturated carbocycles. The van der Waals surface area contributed by atoms with Crippen LogP contribution in [0.5, 0.6) is 0 Å². The van der Waals surface area contributed by atoms with Crippen LogP contribution in [0.15, 0.2) is 24.4 Å². The fourth-order valence-electron chi connectivity index (χ4n) is 5.50. The predicted octanol–water partition coefficient (Wildman–Crippen LogP) is 3.56. The molecule has 1 aliphatic carbocycles. The minimum atomic E-state index is -1.67. The minimum absolute atomic E-state index is 0.0675. The van der Waals surface area contributed by atoms with Gasteiger partial charge in [0.2, 0.25) is 5.67 Å². The van der Waals surface area contributed by atoms with Crippen molar-refractivity contribution in [3.05, 3.63) is 53.1 Å². The molecule has 2 saturated heterocycles. The normalized spacial score (nSPS) is 28.3. The number of anilines is 1. The Morgan fingerprint density at radius 1 is 1.09 bits per heavy atom. The van der Waals surface area contributed by atoms with Crippen LogP contribution in [0.3, 0.4) is 0 Å². The van der Waals surface area contributed by atoms with Crippen LogP contribution >= 0.6 is 0 Å². The second-order valence-electron chi connectivity index (χ2n) is 10.0. The van der Waals surface area contributed by atoms with Crippen molar-refractivity contribution in [2.24, 2.45) is 0 Å². The number of halogens is 3. The second-order valence-corrected chi connectivity index (χ2v) is 10.0. The third-order valence-corrected chi connectivity index (χ3v) is 7.67. The molecule has 3 aliphatic rings. The third-order valence-electron chi connectivity index (χ3n) is 7.67. The predicted molar refractivity (Wildman–Crippen MR) is 119 cm³/mol. The lowest BCUT2D eigenvalue weighted by atomic mass is 9.69. The van der Waals surface area contributed by atoms with E-state index < -0.39 is 28.4 Å². The number of urea groups is 1. The first-order valence-corrected chi connectivity index (χ1v) is 11.4. The Balaban J connectivity index is 1.37. The summed E-state index contributed by atoms with van der Waals surface area (Å²) in [7, 11) is 3.82. The lowest BCUT2D eigenvalue weighted by Gasteiger charge is -2.48. The van der Waals surface area contributed by atoms with E-state index in [-0.39, 0.29) is 25.1 Å². The van der Waals surface area contributed by atoms with Crippen molar-refractivity contribution in [1.82, 2.24) is 20.2 Å². The second kappa shape index (κ2) is 7.91. The number of nitrogens with one attached hydrogen (secondary N) is 1. The highest BCUT2D eigenvalue weighted by molar-refractivity contribution is 5.95. The first-order valence-electron chi connectivity index (χ1n) is 11.4. The van der Waals surface area contributed by atoms with Crippen LogP contribution in [0.1, 0.15) is 42.8 Å². The fraction of sp³-hybridized carbons (Fsp3) is 0.542. The Morgan fingerprint density at radius 3 is 2.26 bits per heavy atom. The minimum Gasteiger partial charge on any atom is -0.374 e. The van der Waals surface area contributed by atoms with Gasteiger partial charge in [0.05, 0.1) is 42.9 Å². The number of aryl methyl sites for hydroxylation is 1. The molecule has 182 valence electrons. The van der Waals surface area contributed by atoms with E-state index in [0.29, 0.717) is 49.2 Å². The van der Waals surface area contributed by atoms with E-state index in [1.807, 2.05) is 19.0 Å². The van der Waals surface area contributed by atoms with Gasteiger partial charge in [-0.3, -0.25) is 9.80 Å². The zero-order valence-corrected chi connectivity index (χ0v) is 19.5. The van der Waals surface area contributed by atoms with E-state index >= 15 is 0 Å². The molecule has 2 amide bonds. The van der Waals surface area contributed by atoms with Gasteiger partial charge in [0.15, 0.2) is 5.82 Å². The number of nitrogens with zero attached hydrogens (tertiary/aromatic N) is 4. The molecule has 0 atom stereocenters. The maximum Gasteiger partial charge on any atom is 0.322 e. The van der Waals surface area contributed by atoms with Gasteiger partial charge in [-0.05, 0) is 64.4 Å². The van der Waals surface area contributed by atoms with E-state index in [1.54, 1.807) is 11.8 Å². The summed E-state index contributed by atoms with van der Waals surface area (Å²) in [6.07, 6.45) is 4.01. The molecule has 2 aromatic rings. The lowest BCUT2D eigenvalue weighted by molar-refractivity contribution is -0.140. The monoisotopic (exact) mass is 475 g/mol. The maximum atomic E-state index is 14.6. The summed E-state index contributed by atoms with van der Waals surface area (Å²) in [4.78, 5) is 25.1. The number of hydrogen-bond donors (Lipinski definition) is 1. The molecular formula is C24H28F3N5O2. The van der Waals surface area contributed by atoms with E-state index in [4.69, 9.17) is 4.74 Å². The van der Waals surface area contributed by atoms with Crippen molar-refractivity contribution in [1.29, 1.82) is 0 Å². The summed E-state index contributed by atoms with van der Waals surface area (Å²) in [5.74, 6) is -1.12. The van der Waals surface area contributed by atoms with Crippen molar-refractivity contribution in [3.8, 4) is 0 Å². The number of hydrogen-bond acceptors (Lipinski definition) is 5. The van der Waals surface area contributed by atoms with Crippen LogP contribution in [-0.2, 0) is 15.9 Å². The molecule has 7 nitrogen and oxygen atoms in total. The Bertz CT molecular complexity index is 1110. The topological polar surface area (TPSA) is 70.6 Å². The number of carbonyl (C=O) groups excluding carboxylic acids is 1. The summed E-state index contributed by atoms with van der Waals surface area (Å²) < 4.78 is 47.6. The van der Waals surface area contributed by atoms with Crippen LogP contribution in [0.4, 0.5) is 23.7 Å². The van der Waals surface area contributed by atoms with Crippen molar-refractivity contribution in [2.75, 3.05) is 38.8 Å². The first kappa shape index (κ1) is 23.0. The summed E-state index contributed by atoms with van der Waals surface area (Å²) in [5.41, 5.74) is -1.02. The molecule has 3 fully saturated rings. The standard InChI is InChI=1S/C24H28F3N5O2/c1-15-19(11-28-20(29-15)23(27)13-34-14-23)32-12-22(30-21(32)33)4-6-24(7-5-22,31(2)3)16-8-17(25)10-18(26)9-16/h8-11H,4-7,12-14H2,1-3H3,(H,30,33). The Labute approximate surface area is 196 Å². The Morgan fingerprint density at radius 2 is 1.74 bits per heavy atom. The number of aromatic nitrogens is 2. The van der Waals surface area contributed by atoms with Crippen molar-refractivity contribution in [3.63, 3.8) is 0 Å². The van der Waals surface area contributed by atoms with Crippen molar-refractivity contribution >= 4 is 11.7 Å². The van der Waals surface area contributed by atoms with Gasteiger partial charge in [-0.1, -0.05) is 0 Å². The van der Waals surface area contributed by atoms with Crippen LogP contribution in [0, 0.1) is 18.6 Å². The number of alkyl halides is 1. The zero-order chi connectivity index (χ0) is 24.3. The molecule has 2 aliphatic heterocycles. The van der Waals surface area contributed by atoms with Gasteiger partial charge in [-0.2, -0.15) is 0 Å². The quantitative estimate of drug-likeness (QED) is 0.733. The van der Waals surface area contributed by atoms with E-state index in [0.717, 1.165) is 6.07 Å². The molecule has 34 heavy (non-hydrogen) atoms. The van der Waals surface area contributed by atoms with Gasteiger partial charge in [0.1, 0.15) is 11.6 Å². The molecule has 0 unspecified atom stereocenters. The van der Waals surface area contributed by atoms with Crippen LogP contribution in [-0.4, -0.2) is 60.3 Å². The number of carbonyl (C=O) groups is 1. The van der Waals surface area contributed by atoms with E-state index in [9.17, 15) is 18.0 Å². The highest BCUT2D eigenvalue weighted by Gasteiger charge is 2.51. The smallest absolute Gasteiger partial charge is 0.322 e. The van der Waals surface area contributed by atoms with Crippen LogP contribution in [0.2, 0.25) is 0 Å². The SMILES string of the molecule is Cc1nc(C2(F)COC2)ncc1N1CC2(CCC(c3cc(F)cc(F)c3)(N(C)C)CC2)NC1=O. The number of rotatable bonds is 4. The maximum absolute atomic E-state index is 14.6. The molecule has 1 N–H and O–H groups in total. The highest BCUT2D eigenvalue weighted by Crippen LogP contribution is 2.47. The number of benzene rings is 1. The van der Waals surface area contributed by atoms with Crippen molar-refractivity contribution < 1.29 is 22.7 Å². The molecule has 10 heteroatoms. The third kappa shape index (κ3) is 3.63. The summed E-state index contributed by atoms with van der Waals surface area (Å²) in [6.45, 7) is 2.02. The Kier molecular flexibility index (Phi) is 5.36. The molecule has 0 bridgehead atoms. The number of amides is 2. The fourth-order valence-corrected chi connectivity index (χ4v) is 5.50. The molecule has 1 spiro atoms. The average Bonchev–Trinajstić information content (AvgIpc) is 3.07. The summed E-state index contributed by atoms with van der Waals surface area (Å²) in [5, 5.41) is 3.13. The van der Waals surface area contributed by atoms with Gasteiger partial charge in [0.25, 0.3) is 0 Å². The van der Waals surface area contributed by atoms with Gasteiger partial charge in [0, 0.05) is 11.6 Å². The van der Waals surface area contributed by atoms with Gasteiger partial charge < -0.3 is 10.1 Å². The highest BCUT2D eigenvalue weighted by atomic mass is 19.1. The molecule has 5 rings (SSSR count). The average molecular weight is 476 g/mol. The van der Waals surface area contributed by atoms with Gasteiger partial charge >= 0.3 is 6.03 Å².